The highest BCUT2D eigenvalue weighted by Gasteiger charge is 2.33. The molecule has 0 saturated carbocycles. The number of carbonyl (C=O) groups excluding carboxylic acids is 1. The first kappa shape index (κ1) is 20.2. The molecule has 1 aromatic heterocycles. The first-order valence-corrected chi connectivity index (χ1v) is 12.4. The summed E-state index contributed by atoms with van der Waals surface area (Å²) in [6, 6.07) is 26.6. The van der Waals surface area contributed by atoms with Crippen molar-refractivity contribution in [2.45, 2.75) is 21.6 Å². The Labute approximate surface area is 190 Å². The Morgan fingerprint density at radius 3 is 2.55 bits per heavy atom. The predicted octanol–water partition coefficient (Wildman–Crippen LogP) is 6.32. The number of nitrogens with zero attached hydrogens (tertiary/aromatic N) is 2. The van der Waals surface area contributed by atoms with Gasteiger partial charge in [0.25, 0.3) is 0 Å². The maximum atomic E-state index is 13.5. The molecular weight excluding hydrogens is 420 g/mol. The SMILES string of the molecule is CSc1cnc2ccccc2c1SC1CN(Cc2ccccc2)c2ccccc2C1=O. The Hall–Kier alpha value is -2.76. The van der Waals surface area contributed by atoms with Gasteiger partial charge in [-0.05, 0) is 30.0 Å². The van der Waals surface area contributed by atoms with E-state index in [-0.39, 0.29) is 11.0 Å². The van der Waals surface area contributed by atoms with Gasteiger partial charge in [-0.25, -0.2) is 0 Å². The highest BCUT2D eigenvalue weighted by Crippen LogP contribution is 2.41. The molecule has 3 nitrogen and oxygen atoms in total. The minimum Gasteiger partial charge on any atom is -0.365 e. The smallest absolute Gasteiger partial charge is 0.180 e. The Kier molecular flexibility index (Phi) is 5.70. The summed E-state index contributed by atoms with van der Waals surface area (Å²) in [7, 11) is 0. The van der Waals surface area contributed by atoms with Crippen molar-refractivity contribution in [1.82, 2.24) is 4.98 Å². The Morgan fingerprint density at radius 1 is 0.968 bits per heavy atom. The van der Waals surface area contributed by atoms with E-state index >= 15 is 0 Å². The van der Waals surface area contributed by atoms with Gasteiger partial charge in [-0.1, -0.05) is 60.7 Å². The van der Waals surface area contributed by atoms with Gasteiger partial charge in [-0.2, -0.15) is 0 Å². The normalized spacial score (nSPS) is 15.8. The largest absolute Gasteiger partial charge is 0.365 e. The molecule has 0 saturated heterocycles. The van der Waals surface area contributed by atoms with E-state index in [2.05, 4.69) is 52.5 Å². The topological polar surface area (TPSA) is 33.2 Å². The van der Waals surface area contributed by atoms with Gasteiger partial charge in [0.15, 0.2) is 5.78 Å². The van der Waals surface area contributed by atoms with Crippen LogP contribution >= 0.6 is 23.5 Å². The lowest BCUT2D eigenvalue weighted by Crippen LogP contribution is -2.40. The van der Waals surface area contributed by atoms with Crippen LogP contribution in [0.5, 0.6) is 0 Å². The molecule has 1 unspecified atom stereocenters. The predicted molar refractivity (Wildman–Crippen MR) is 131 cm³/mol. The highest BCUT2D eigenvalue weighted by atomic mass is 32.2. The Morgan fingerprint density at radius 2 is 1.71 bits per heavy atom. The quantitative estimate of drug-likeness (QED) is 0.338. The van der Waals surface area contributed by atoms with E-state index in [0.29, 0.717) is 6.54 Å². The molecule has 0 amide bonds. The number of hydrogen-bond donors (Lipinski definition) is 0. The van der Waals surface area contributed by atoms with Crippen molar-refractivity contribution >= 4 is 45.9 Å². The summed E-state index contributed by atoms with van der Waals surface area (Å²) in [5, 5.41) is 0.941. The number of fused-ring (bicyclic) bond motifs is 2. The van der Waals surface area contributed by atoms with Crippen molar-refractivity contribution in [3.8, 4) is 0 Å². The van der Waals surface area contributed by atoms with Gasteiger partial charge < -0.3 is 4.90 Å². The minimum atomic E-state index is -0.171. The number of benzene rings is 3. The zero-order chi connectivity index (χ0) is 21.2. The number of Topliss-reactive ketones (excluding diaryl/α,β-unsaturated/α-hetero) is 1. The molecule has 2 heterocycles. The molecule has 0 N–H and O–H groups in total. The minimum absolute atomic E-state index is 0.171. The standard InChI is InChI=1S/C26H22N2OS2/c1-30-23-15-27-21-13-7-5-11-19(21)26(23)31-24-17-28(16-18-9-3-2-4-10-18)22-14-8-6-12-20(22)25(24)29/h2-15,24H,16-17H2,1H3. The van der Waals surface area contributed by atoms with Crippen LogP contribution < -0.4 is 4.90 Å². The molecule has 0 spiro atoms. The van der Waals surface area contributed by atoms with Crippen molar-refractivity contribution in [2.24, 2.45) is 0 Å². The van der Waals surface area contributed by atoms with E-state index in [1.807, 2.05) is 48.7 Å². The molecule has 0 radical (unpaired) electrons. The zero-order valence-corrected chi connectivity index (χ0v) is 18.8. The van der Waals surface area contributed by atoms with E-state index < -0.39 is 0 Å². The number of para-hydroxylation sites is 2. The van der Waals surface area contributed by atoms with Crippen LogP contribution in [0, 0.1) is 0 Å². The number of thioether (sulfide) groups is 2. The second-order valence-corrected chi connectivity index (χ2v) is 9.59. The third-order valence-electron chi connectivity index (χ3n) is 5.58. The summed E-state index contributed by atoms with van der Waals surface area (Å²) >= 11 is 3.36. The summed E-state index contributed by atoms with van der Waals surface area (Å²) in [6.45, 7) is 1.47. The van der Waals surface area contributed by atoms with Crippen LogP contribution in [-0.4, -0.2) is 28.8 Å². The van der Waals surface area contributed by atoms with Crippen LogP contribution in [0.2, 0.25) is 0 Å². The number of rotatable bonds is 5. The number of aromatic nitrogens is 1. The summed E-state index contributed by atoms with van der Waals surface area (Å²) in [5.74, 6) is 0.206. The second kappa shape index (κ2) is 8.77. The molecule has 5 rings (SSSR count). The van der Waals surface area contributed by atoms with E-state index in [9.17, 15) is 4.79 Å². The molecule has 3 aromatic carbocycles. The molecule has 154 valence electrons. The van der Waals surface area contributed by atoms with E-state index in [0.717, 1.165) is 38.5 Å². The average molecular weight is 443 g/mol. The molecule has 0 fully saturated rings. The molecule has 5 heteroatoms. The molecule has 0 aliphatic carbocycles. The molecule has 4 aromatic rings. The van der Waals surface area contributed by atoms with Crippen molar-refractivity contribution in [2.75, 3.05) is 17.7 Å². The first-order valence-electron chi connectivity index (χ1n) is 10.2. The van der Waals surface area contributed by atoms with E-state index in [4.69, 9.17) is 0 Å². The van der Waals surface area contributed by atoms with Crippen LogP contribution in [-0.2, 0) is 6.54 Å². The molecule has 1 aliphatic rings. The van der Waals surface area contributed by atoms with Crippen LogP contribution in [0.3, 0.4) is 0 Å². The van der Waals surface area contributed by atoms with Gasteiger partial charge in [0.1, 0.15) is 0 Å². The Balaban J connectivity index is 1.53. The molecular formula is C26H22N2OS2. The van der Waals surface area contributed by atoms with Gasteiger partial charge in [0.05, 0.1) is 10.8 Å². The lowest BCUT2D eigenvalue weighted by Gasteiger charge is -2.35. The van der Waals surface area contributed by atoms with Gasteiger partial charge >= 0.3 is 0 Å². The lowest BCUT2D eigenvalue weighted by molar-refractivity contribution is 0.0986. The molecule has 1 atom stereocenters. The number of hydrogen-bond acceptors (Lipinski definition) is 5. The monoisotopic (exact) mass is 442 g/mol. The fourth-order valence-electron chi connectivity index (χ4n) is 4.06. The van der Waals surface area contributed by atoms with Gasteiger partial charge in [0.2, 0.25) is 0 Å². The number of pyridine rings is 1. The van der Waals surface area contributed by atoms with Crippen LogP contribution in [0.25, 0.3) is 10.9 Å². The van der Waals surface area contributed by atoms with Crippen LogP contribution in [0.15, 0.2) is 94.9 Å². The molecule has 31 heavy (non-hydrogen) atoms. The van der Waals surface area contributed by atoms with Gasteiger partial charge in [-0.15, -0.1) is 23.5 Å². The summed E-state index contributed by atoms with van der Waals surface area (Å²) < 4.78 is 0. The van der Waals surface area contributed by atoms with Crippen molar-refractivity contribution < 1.29 is 4.79 Å². The molecule has 1 aliphatic heterocycles. The summed E-state index contributed by atoms with van der Waals surface area (Å²) in [4.78, 5) is 22.7. The fourth-order valence-corrected chi connectivity index (χ4v) is 6.15. The lowest BCUT2D eigenvalue weighted by atomic mass is 9.99. The third kappa shape index (κ3) is 3.95. The number of ketones is 1. The van der Waals surface area contributed by atoms with Gasteiger partial charge in [0, 0.05) is 45.7 Å². The maximum absolute atomic E-state index is 13.5. The zero-order valence-electron chi connectivity index (χ0n) is 17.2. The van der Waals surface area contributed by atoms with Gasteiger partial charge in [-0.3, -0.25) is 9.78 Å². The van der Waals surface area contributed by atoms with Crippen LogP contribution in [0.1, 0.15) is 15.9 Å². The highest BCUT2D eigenvalue weighted by molar-refractivity contribution is 8.03. The van der Waals surface area contributed by atoms with Crippen molar-refractivity contribution in [3.63, 3.8) is 0 Å². The van der Waals surface area contributed by atoms with Crippen molar-refractivity contribution in [1.29, 1.82) is 0 Å². The second-order valence-electron chi connectivity index (χ2n) is 7.53. The summed E-state index contributed by atoms with van der Waals surface area (Å²) in [6.07, 6.45) is 3.99. The Bertz CT molecular complexity index is 1240. The van der Waals surface area contributed by atoms with Crippen LogP contribution in [0.4, 0.5) is 5.69 Å². The first-order chi connectivity index (χ1) is 15.2. The molecule has 0 bridgehead atoms. The average Bonchev–Trinajstić information content (AvgIpc) is 2.83. The van der Waals surface area contributed by atoms with E-state index in [1.165, 1.54) is 5.56 Å². The maximum Gasteiger partial charge on any atom is 0.180 e. The van der Waals surface area contributed by atoms with E-state index in [1.54, 1.807) is 23.5 Å². The third-order valence-corrected chi connectivity index (χ3v) is 7.78. The fraction of sp³-hybridized carbons (Fsp3) is 0.154. The number of carbonyl (C=O) groups is 1. The number of anilines is 1. The van der Waals surface area contributed by atoms with Crippen molar-refractivity contribution in [3.05, 3.63) is 96.2 Å². The summed E-state index contributed by atoms with van der Waals surface area (Å²) in [5.41, 5.74) is 4.05.